The Kier molecular flexibility index (Phi) is 3.48. The summed E-state index contributed by atoms with van der Waals surface area (Å²) in [6.45, 7) is 7.20. The third-order valence-electron chi connectivity index (χ3n) is 3.87. The van der Waals surface area contributed by atoms with E-state index in [2.05, 4.69) is 29.0 Å². The molecule has 24 heavy (non-hydrogen) atoms. The van der Waals surface area contributed by atoms with Crippen molar-refractivity contribution in [1.82, 2.24) is 24.5 Å². The third-order valence-corrected chi connectivity index (χ3v) is 3.87. The van der Waals surface area contributed by atoms with E-state index in [1.54, 1.807) is 6.20 Å². The van der Waals surface area contributed by atoms with Gasteiger partial charge in [0.1, 0.15) is 24.7 Å². The summed E-state index contributed by atoms with van der Waals surface area (Å²) in [5.41, 5.74) is 1.81. The van der Waals surface area contributed by atoms with E-state index in [0.29, 0.717) is 19.0 Å². The first-order valence-corrected chi connectivity index (χ1v) is 8.01. The van der Waals surface area contributed by atoms with Gasteiger partial charge in [0.25, 0.3) is 0 Å². The standard InChI is InChI=1S/C17H19N5O2/c1-11(2)21-14(6-7-18-21)17-19-12(3)20-22(17)13-4-5-15-16(10-13)24-9-8-23-15/h4-7,10-11H,8-9H2,1-3H3. The molecule has 3 aromatic rings. The molecule has 0 saturated heterocycles. The summed E-state index contributed by atoms with van der Waals surface area (Å²) in [5, 5.41) is 8.95. The molecule has 1 aromatic carbocycles. The van der Waals surface area contributed by atoms with Crippen molar-refractivity contribution in [2.24, 2.45) is 0 Å². The van der Waals surface area contributed by atoms with Crippen LogP contribution >= 0.6 is 0 Å². The molecule has 0 saturated carbocycles. The van der Waals surface area contributed by atoms with E-state index in [-0.39, 0.29) is 6.04 Å². The maximum Gasteiger partial charge on any atom is 0.181 e. The second-order valence-corrected chi connectivity index (χ2v) is 5.98. The minimum absolute atomic E-state index is 0.237. The number of hydrogen-bond donors (Lipinski definition) is 0. The van der Waals surface area contributed by atoms with Crippen molar-refractivity contribution in [2.45, 2.75) is 26.8 Å². The number of fused-ring (bicyclic) bond motifs is 1. The first kappa shape index (κ1) is 14.7. The van der Waals surface area contributed by atoms with Crippen molar-refractivity contribution in [3.8, 4) is 28.7 Å². The van der Waals surface area contributed by atoms with Crippen LogP contribution in [0.25, 0.3) is 17.2 Å². The van der Waals surface area contributed by atoms with E-state index in [0.717, 1.165) is 28.7 Å². The third kappa shape index (κ3) is 2.42. The van der Waals surface area contributed by atoms with Crippen LogP contribution in [0.3, 0.4) is 0 Å². The van der Waals surface area contributed by atoms with Gasteiger partial charge in [-0.2, -0.15) is 10.2 Å². The lowest BCUT2D eigenvalue weighted by Crippen LogP contribution is -2.15. The van der Waals surface area contributed by atoms with Crippen LogP contribution in [0.4, 0.5) is 0 Å². The number of ether oxygens (including phenoxy) is 2. The van der Waals surface area contributed by atoms with Gasteiger partial charge in [-0.3, -0.25) is 4.68 Å². The molecule has 1 aliphatic heterocycles. The molecule has 0 radical (unpaired) electrons. The van der Waals surface area contributed by atoms with Gasteiger partial charge in [-0.25, -0.2) is 9.67 Å². The molecule has 0 spiro atoms. The minimum atomic E-state index is 0.237. The highest BCUT2D eigenvalue weighted by Gasteiger charge is 2.19. The summed E-state index contributed by atoms with van der Waals surface area (Å²) in [6, 6.07) is 7.99. The summed E-state index contributed by atoms with van der Waals surface area (Å²) in [6.07, 6.45) is 1.79. The average Bonchev–Trinajstić information content (AvgIpc) is 3.20. The molecule has 0 bridgehead atoms. The molecule has 3 heterocycles. The van der Waals surface area contributed by atoms with Crippen LogP contribution in [-0.4, -0.2) is 37.8 Å². The van der Waals surface area contributed by atoms with Crippen LogP contribution in [-0.2, 0) is 0 Å². The van der Waals surface area contributed by atoms with Crippen molar-refractivity contribution < 1.29 is 9.47 Å². The monoisotopic (exact) mass is 325 g/mol. The zero-order valence-electron chi connectivity index (χ0n) is 13.9. The van der Waals surface area contributed by atoms with Crippen LogP contribution in [0.5, 0.6) is 11.5 Å². The highest BCUT2D eigenvalue weighted by atomic mass is 16.6. The Morgan fingerprint density at radius 3 is 2.67 bits per heavy atom. The smallest absolute Gasteiger partial charge is 0.181 e. The molecular formula is C17H19N5O2. The van der Waals surface area contributed by atoms with Crippen LogP contribution in [0.1, 0.15) is 25.7 Å². The summed E-state index contributed by atoms with van der Waals surface area (Å²) in [7, 11) is 0. The first-order valence-electron chi connectivity index (χ1n) is 8.01. The molecule has 7 heteroatoms. The summed E-state index contributed by atoms with van der Waals surface area (Å²) >= 11 is 0. The van der Waals surface area contributed by atoms with Gasteiger partial charge >= 0.3 is 0 Å². The number of hydrogen-bond acceptors (Lipinski definition) is 5. The van der Waals surface area contributed by atoms with Crippen LogP contribution in [0.2, 0.25) is 0 Å². The molecule has 7 nitrogen and oxygen atoms in total. The van der Waals surface area contributed by atoms with Crippen LogP contribution < -0.4 is 9.47 Å². The Morgan fingerprint density at radius 1 is 1.08 bits per heavy atom. The van der Waals surface area contributed by atoms with E-state index in [1.165, 1.54) is 0 Å². The van der Waals surface area contributed by atoms with Crippen LogP contribution in [0.15, 0.2) is 30.5 Å². The number of benzene rings is 1. The highest BCUT2D eigenvalue weighted by molar-refractivity contribution is 5.56. The Bertz CT molecular complexity index is 881. The lowest BCUT2D eigenvalue weighted by Gasteiger charge is -2.19. The SMILES string of the molecule is Cc1nc(-c2ccnn2C(C)C)n(-c2ccc3c(c2)OCCO3)n1. The van der Waals surface area contributed by atoms with Crippen molar-refractivity contribution in [3.05, 3.63) is 36.3 Å². The molecule has 2 aromatic heterocycles. The quantitative estimate of drug-likeness (QED) is 0.741. The summed E-state index contributed by atoms with van der Waals surface area (Å²) in [4.78, 5) is 4.60. The number of nitrogens with zero attached hydrogens (tertiary/aromatic N) is 5. The van der Waals surface area contributed by atoms with Crippen molar-refractivity contribution >= 4 is 0 Å². The van der Waals surface area contributed by atoms with E-state index in [1.807, 2.05) is 40.6 Å². The maximum atomic E-state index is 5.68. The Morgan fingerprint density at radius 2 is 1.88 bits per heavy atom. The van der Waals surface area contributed by atoms with Gasteiger partial charge in [-0.1, -0.05) is 0 Å². The predicted molar refractivity (Wildman–Crippen MR) is 88.7 cm³/mol. The lowest BCUT2D eigenvalue weighted by molar-refractivity contribution is 0.171. The molecule has 0 amide bonds. The van der Waals surface area contributed by atoms with Gasteiger partial charge in [0.2, 0.25) is 0 Å². The molecule has 0 unspecified atom stereocenters. The zero-order valence-corrected chi connectivity index (χ0v) is 13.9. The van der Waals surface area contributed by atoms with E-state index >= 15 is 0 Å². The molecule has 1 aliphatic rings. The van der Waals surface area contributed by atoms with Gasteiger partial charge < -0.3 is 9.47 Å². The van der Waals surface area contributed by atoms with E-state index < -0.39 is 0 Å². The Balaban J connectivity index is 1.84. The van der Waals surface area contributed by atoms with Gasteiger partial charge in [0.05, 0.1) is 5.69 Å². The van der Waals surface area contributed by atoms with Gasteiger partial charge in [0.15, 0.2) is 17.3 Å². The Hall–Kier alpha value is -2.83. The average molecular weight is 325 g/mol. The summed E-state index contributed by atoms with van der Waals surface area (Å²) in [5.74, 6) is 2.96. The zero-order chi connectivity index (χ0) is 16.7. The topological polar surface area (TPSA) is 67.0 Å². The number of aromatic nitrogens is 5. The molecule has 4 rings (SSSR count). The predicted octanol–water partition coefficient (Wildman–Crippen LogP) is 2.79. The number of rotatable bonds is 3. The molecule has 0 atom stereocenters. The van der Waals surface area contributed by atoms with E-state index in [4.69, 9.17) is 9.47 Å². The Labute approximate surface area is 139 Å². The summed E-state index contributed by atoms with van der Waals surface area (Å²) < 4.78 is 15.0. The van der Waals surface area contributed by atoms with Gasteiger partial charge in [-0.05, 0) is 39.0 Å². The van der Waals surface area contributed by atoms with Crippen LogP contribution in [0, 0.1) is 6.92 Å². The lowest BCUT2D eigenvalue weighted by atomic mass is 10.2. The molecule has 0 fully saturated rings. The largest absolute Gasteiger partial charge is 0.486 e. The highest BCUT2D eigenvalue weighted by Crippen LogP contribution is 2.33. The molecular weight excluding hydrogens is 306 g/mol. The normalized spacial score (nSPS) is 13.5. The first-order chi connectivity index (χ1) is 11.6. The molecule has 124 valence electrons. The fourth-order valence-corrected chi connectivity index (χ4v) is 2.83. The van der Waals surface area contributed by atoms with Crippen molar-refractivity contribution in [2.75, 3.05) is 13.2 Å². The molecule has 0 N–H and O–H groups in total. The number of aryl methyl sites for hydroxylation is 1. The molecule has 0 aliphatic carbocycles. The van der Waals surface area contributed by atoms with Crippen molar-refractivity contribution in [1.29, 1.82) is 0 Å². The van der Waals surface area contributed by atoms with E-state index in [9.17, 15) is 0 Å². The second kappa shape index (κ2) is 5.67. The maximum absolute atomic E-state index is 5.68. The fourth-order valence-electron chi connectivity index (χ4n) is 2.83. The van der Waals surface area contributed by atoms with Crippen molar-refractivity contribution in [3.63, 3.8) is 0 Å². The minimum Gasteiger partial charge on any atom is -0.486 e. The second-order valence-electron chi connectivity index (χ2n) is 5.98. The van der Waals surface area contributed by atoms with Gasteiger partial charge in [-0.15, -0.1) is 0 Å². The fraction of sp³-hybridized carbons (Fsp3) is 0.353. The van der Waals surface area contributed by atoms with Gasteiger partial charge in [0, 0.05) is 18.3 Å².